The van der Waals surface area contributed by atoms with E-state index in [0.29, 0.717) is 13.0 Å². The zero-order valence-corrected chi connectivity index (χ0v) is 19.9. The maximum atomic E-state index is 13.0. The van der Waals surface area contributed by atoms with Gasteiger partial charge in [-0.2, -0.15) is 0 Å². The molecule has 5 nitrogen and oxygen atoms in total. The molecule has 1 N–H and O–H groups in total. The molecule has 0 saturated heterocycles. The lowest BCUT2D eigenvalue weighted by molar-refractivity contribution is -0.115. The SMILES string of the molecule is COc1cc(Cn2cc(CC(=O)Nc3c(C)cc(C)cc3C)c3ccccc32)cc(OC)c1. The van der Waals surface area contributed by atoms with E-state index in [1.807, 2.05) is 44.2 Å². The molecule has 0 saturated carbocycles. The highest BCUT2D eigenvalue weighted by Crippen LogP contribution is 2.27. The molecule has 170 valence electrons. The monoisotopic (exact) mass is 442 g/mol. The lowest BCUT2D eigenvalue weighted by Crippen LogP contribution is -2.16. The van der Waals surface area contributed by atoms with Crippen LogP contribution in [0.15, 0.2) is 60.8 Å². The highest BCUT2D eigenvalue weighted by molar-refractivity contribution is 5.97. The van der Waals surface area contributed by atoms with Gasteiger partial charge in [-0.05, 0) is 61.2 Å². The van der Waals surface area contributed by atoms with Gasteiger partial charge in [-0.25, -0.2) is 0 Å². The van der Waals surface area contributed by atoms with Crippen molar-refractivity contribution in [1.29, 1.82) is 0 Å². The minimum absolute atomic E-state index is 0.0176. The summed E-state index contributed by atoms with van der Waals surface area (Å²) >= 11 is 0. The van der Waals surface area contributed by atoms with E-state index in [4.69, 9.17) is 9.47 Å². The highest BCUT2D eigenvalue weighted by Gasteiger charge is 2.14. The topological polar surface area (TPSA) is 52.5 Å². The van der Waals surface area contributed by atoms with Gasteiger partial charge in [0.1, 0.15) is 11.5 Å². The first-order valence-electron chi connectivity index (χ1n) is 11.0. The van der Waals surface area contributed by atoms with Gasteiger partial charge in [0.25, 0.3) is 0 Å². The number of anilines is 1. The zero-order chi connectivity index (χ0) is 23.5. The Kier molecular flexibility index (Phi) is 6.40. The molecule has 4 rings (SSSR count). The van der Waals surface area contributed by atoms with Crippen LogP contribution in [-0.2, 0) is 17.8 Å². The minimum atomic E-state index is -0.0176. The van der Waals surface area contributed by atoms with Crippen molar-refractivity contribution in [2.24, 2.45) is 0 Å². The second kappa shape index (κ2) is 9.41. The van der Waals surface area contributed by atoms with Crippen LogP contribution >= 0.6 is 0 Å². The first kappa shape index (κ1) is 22.5. The standard InChI is InChI=1S/C28H30N2O3/c1-18-10-19(2)28(20(3)11-18)29-27(31)14-22-17-30(26-9-7-6-8-25(22)26)16-21-12-23(32-4)15-24(13-21)33-5/h6-13,15,17H,14,16H2,1-5H3,(H,29,31). The van der Waals surface area contributed by atoms with Crippen LogP contribution in [0.2, 0.25) is 0 Å². The average Bonchev–Trinajstić information content (AvgIpc) is 3.13. The van der Waals surface area contributed by atoms with Crippen molar-refractivity contribution < 1.29 is 14.3 Å². The zero-order valence-electron chi connectivity index (χ0n) is 19.9. The van der Waals surface area contributed by atoms with E-state index in [0.717, 1.165) is 50.3 Å². The second-order valence-corrected chi connectivity index (χ2v) is 8.52. The maximum absolute atomic E-state index is 13.0. The fraction of sp³-hybridized carbons (Fsp3) is 0.250. The summed E-state index contributed by atoms with van der Waals surface area (Å²) in [5.41, 5.74) is 7.41. The second-order valence-electron chi connectivity index (χ2n) is 8.52. The van der Waals surface area contributed by atoms with E-state index in [1.165, 1.54) is 5.56 Å². The van der Waals surface area contributed by atoms with Crippen LogP contribution in [0, 0.1) is 20.8 Å². The third-order valence-electron chi connectivity index (χ3n) is 5.93. The molecule has 0 aliphatic rings. The predicted octanol–water partition coefficient (Wildman–Crippen LogP) is 5.81. The molecule has 33 heavy (non-hydrogen) atoms. The van der Waals surface area contributed by atoms with Gasteiger partial charge in [0.2, 0.25) is 5.91 Å². The number of fused-ring (bicyclic) bond motifs is 1. The number of benzene rings is 3. The van der Waals surface area contributed by atoms with E-state index < -0.39 is 0 Å². The van der Waals surface area contributed by atoms with Gasteiger partial charge < -0.3 is 19.4 Å². The van der Waals surface area contributed by atoms with Crippen molar-refractivity contribution in [3.63, 3.8) is 0 Å². The smallest absolute Gasteiger partial charge is 0.228 e. The highest BCUT2D eigenvalue weighted by atomic mass is 16.5. The lowest BCUT2D eigenvalue weighted by Gasteiger charge is -2.12. The number of hydrogen-bond donors (Lipinski definition) is 1. The first-order valence-corrected chi connectivity index (χ1v) is 11.0. The molecule has 4 aromatic rings. The van der Waals surface area contributed by atoms with Crippen LogP contribution in [0.25, 0.3) is 10.9 Å². The Labute approximate surface area is 195 Å². The van der Waals surface area contributed by atoms with E-state index in [9.17, 15) is 4.79 Å². The Morgan fingerprint density at radius 2 is 1.55 bits per heavy atom. The van der Waals surface area contributed by atoms with Gasteiger partial charge in [0.05, 0.1) is 20.6 Å². The minimum Gasteiger partial charge on any atom is -0.497 e. The van der Waals surface area contributed by atoms with Crippen molar-refractivity contribution in [3.8, 4) is 11.5 Å². The normalized spacial score (nSPS) is 10.9. The number of amides is 1. The largest absolute Gasteiger partial charge is 0.497 e. The van der Waals surface area contributed by atoms with E-state index in [-0.39, 0.29) is 5.91 Å². The number of aromatic nitrogens is 1. The van der Waals surface area contributed by atoms with Crippen molar-refractivity contribution >= 4 is 22.5 Å². The van der Waals surface area contributed by atoms with Gasteiger partial charge in [0.15, 0.2) is 0 Å². The van der Waals surface area contributed by atoms with E-state index in [1.54, 1.807) is 14.2 Å². The summed E-state index contributed by atoms with van der Waals surface area (Å²) in [6.45, 7) is 6.78. The number of methoxy groups -OCH3 is 2. The van der Waals surface area contributed by atoms with E-state index >= 15 is 0 Å². The number of ether oxygens (including phenoxy) is 2. The van der Waals surface area contributed by atoms with Crippen LogP contribution in [0.1, 0.15) is 27.8 Å². The molecule has 0 atom stereocenters. The van der Waals surface area contributed by atoms with Crippen molar-refractivity contribution in [3.05, 3.63) is 88.6 Å². The number of aryl methyl sites for hydroxylation is 3. The van der Waals surface area contributed by atoms with Gasteiger partial charge in [0, 0.05) is 35.4 Å². The molecule has 0 aliphatic carbocycles. The first-order chi connectivity index (χ1) is 15.9. The molecule has 0 bridgehead atoms. The molecule has 5 heteroatoms. The molecule has 3 aromatic carbocycles. The summed E-state index contributed by atoms with van der Waals surface area (Å²) < 4.78 is 13.0. The molecular formula is C28H30N2O3. The molecule has 0 aliphatic heterocycles. The van der Waals surface area contributed by atoms with Gasteiger partial charge in [-0.3, -0.25) is 4.79 Å². The Bertz CT molecular complexity index is 1270. The van der Waals surface area contributed by atoms with Crippen LogP contribution in [0.3, 0.4) is 0 Å². The molecule has 1 aromatic heterocycles. The molecule has 0 radical (unpaired) electrons. The lowest BCUT2D eigenvalue weighted by atomic mass is 10.0. The van der Waals surface area contributed by atoms with Crippen molar-refractivity contribution in [2.45, 2.75) is 33.7 Å². The fourth-order valence-electron chi connectivity index (χ4n) is 4.48. The third-order valence-corrected chi connectivity index (χ3v) is 5.93. The van der Waals surface area contributed by atoms with Gasteiger partial charge in [-0.1, -0.05) is 35.9 Å². The fourth-order valence-corrected chi connectivity index (χ4v) is 4.48. The third kappa shape index (κ3) is 4.87. The number of nitrogens with zero attached hydrogens (tertiary/aromatic N) is 1. The molecule has 0 fully saturated rings. The number of para-hydroxylation sites is 1. The number of rotatable bonds is 7. The molecule has 1 heterocycles. The number of hydrogen-bond acceptors (Lipinski definition) is 3. The van der Waals surface area contributed by atoms with E-state index in [2.05, 4.69) is 47.3 Å². The summed E-state index contributed by atoms with van der Waals surface area (Å²) in [5, 5.41) is 4.21. The molecule has 1 amide bonds. The Morgan fingerprint density at radius 1 is 0.909 bits per heavy atom. The van der Waals surface area contributed by atoms with Crippen LogP contribution in [0.5, 0.6) is 11.5 Å². The number of nitrogens with one attached hydrogen (secondary N) is 1. The van der Waals surface area contributed by atoms with Crippen LogP contribution in [-0.4, -0.2) is 24.7 Å². The van der Waals surface area contributed by atoms with Crippen LogP contribution < -0.4 is 14.8 Å². The summed E-state index contributed by atoms with van der Waals surface area (Å²) in [5.74, 6) is 1.49. The summed E-state index contributed by atoms with van der Waals surface area (Å²) in [4.78, 5) is 13.0. The number of carbonyl (C=O) groups is 1. The van der Waals surface area contributed by atoms with Crippen LogP contribution in [0.4, 0.5) is 5.69 Å². The predicted molar refractivity (Wildman–Crippen MR) is 134 cm³/mol. The van der Waals surface area contributed by atoms with Gasteiger partial charge in [-0.15, -0.1) is 0 Å². The summed E-state index contributed by atoms with van der Waals surface area (Å²) in [6, 6.07) is 18.3. The molecule has 0 unspecified atom stereocenters. The number of carbonyl (C=O) groups excluding carboxylic acids is 1. The summed E-state index contributed by atoms with van der Waals surface area (Å²) in [6.07, 6.45) is 2.38. The van der Waals surface area contributed by atoms with Crippen molar-refractivity contribution in [2.75, 3.05) is 19.5 Å². The maximum Gasteiger partial charge on any atom is 0.228 e. The Morgan fingerprint density at radius 3 is 2.18 bits per heavy atom. The molecule has 0 spiro atoms. The average molecular weight is 443 g/mol. The van der Waals surface area contributed by atoms with Gasteiger partial charge >= 0.3 is 0 Å². The Balaban J connectivity index is 1.62. The summed E-state index contributed by atoms with van der Waals surface area (Å²) in [7, 11) is 3.30. The molecular weight excluding hydrogens is 412 g/mol. The Hall–Kier alpha value is -3.73. The quantitative estimate of drug-likeness (QED) is 0.393. The van der Waals surface area contributed by atoms with Crippen molar-refractivity contribution in [1.82, 2.24) is 4.57 Å².